The first-order valence-electron chi connectivity index (χ1n) is 6.85. The summed E-state index contributed by atoms with van der Waals surface area (Å²) in [4.78, 5) is 13.0. The van der Waals surface area contributed by atoms with Crippen molar-refractivity contribution in [3.05, 3.63) is 35.6 Å². The number of benzene rings is 1. The molecule has 1 aliphatic carbocycles. The van der Waals surface area contributed by atoms with Gasteiger partial charge in [-0.05, 0) is 37.0 Å². The van der Waals surface area contributed by atoms with Crippen LogP contribution in [0.15, 0.2) is 24.3 Å². The third-order valence-corrected chi connectivity index (χ3v) is 3.76. The second-order valence-corrected chi connectivity index (χ2v) is 5.18. The predicted molar refractivity (Wildman–Crippen MR) is 71.6 cm³/mol. The van der Waals surface area contributed by atoms with Crippen molar-refractivity contribution in [1.82, 2.24) is 4.90 Å². The van der Waals surface area contributed by atoms with Crippen molar-refractivity contribution in [2.75, 3.05) is 13.1 Å². The Balaban J connectivity index is 1.93. The van der Waals surface area contributed by atoms with E-state index in [0.29, 0.717) is 19.0 Å². The number of hydrogen-bond donors (Lipinski definition) is 1. The lowest BCUT2D eigenvalue weighted by molar-refractivity contribution is -0.138. The lowest BCUT2D eigenvalue weighted by atomic mass is 10.1. The van der Waals surface area contributed by atoms with E-state index >= 15 is 0 Å². The molecular weight excluding hydrogens is 245 g/mol. The SMILES string of the molecule is O=C(O)CN(CCc1cccc(F)c1)C1CCCC1. The molecule has 104 valence electrons. The maximum atomic E-state index is 13.1. The number of rotatable bonds is 6. The summed E-state index contributed by atoms with van der Waals surface area (Å²) < 4.78 is 13.1. The van der Waals surface area contributed by atoms with Gasteiger partial charge in [0.2, 0.25) is 0 Å². The molecule has 19 heavy (non-hydrogen) atoms. The Kier molecular flexibility index (Phi) is 4.91. The number of carbonyl (C=O) groups is 1. The fourth-order valence-electron chi connectivity index (χ4n) is 2.80. The molecule has 0 saturated heterocycles. The smallest absolute Gasteiger partial charge is 0.317 e. The first-order valence-corrected chi connectivity index (χ1v) is 6.85. The molecule has 1 fully saturated rings. The van der Waals surface area contributed by atoms with E-state index in [4.69, 9.17) is 5.11 Å². The number of hydrogen-bond acceptors (Lipinski definition) is 2. The minimum Gasteiger partial charge on any atom is -0.480 e. The van der Waals surface area contributed by atoms with Gasteiger partial charge < -0.3 is 5.11 Å². The highest BCUT2D eigenvalue weighted by Crippen LogP contribution is 2.23. The molecule has 4 heteroatoms. The maximum absolute atomic E-state index is 13.1. The molecule has 0 bridgehead atoms. The van der Waals surface area contributed by atoms with Gasteiger partial charge in [0, 0.05) is 12.6 Å². The van der Waals surface area contributed by atoms with E-state index in [2.05, 4.69) is 0 Å². The van der Waals surface area contributed by atoms with Crippen LogP contribution in [0.25, 0.3) is 0 Å². The third kappa shape index (κ3) is 4.31. The van der Waals surface area contributed by atoms with E-state index in [9.17, 15) is 9.18 Å². The van der Waals surface area contributed by atoms with Gasteiger partial charge >= 0.3 is 5.97 Å². The van der Waals surface area contributed by atoms with Gasteiger partial charge in [0.1, 0.15) is 5.82 Å². The summed E-state index contributed by atoms with van der Waals surface area (Å²) in [7, 11) is 0. The quantitative estimate of drug-likeness (QED) is 0.859. The fourth-order valence-corrected chi connectivity index (χ4v) is 2.80. The molecule has 0 spiro atoms. The number of carboxylic acids is 1. The normalized spacial score (nSPS) is 16.1. The van der Waals surface area contributed by atoms with Gasteiger partial charge in [-0.2, -0.15) is 0 Å². The predicted octanol–water partition coefficient (Wildman–Crippen LogP) is 2.70. The summed E-state index contributed by atoms with van der Waals surface area (Å²) in [6, 6.07) is 6.91. The first-order chi connectivity index (χ1) is 9.15. The zero-order chi connectivity index (χ0) is 13.7. The van der Waals surface area contributed by atoms with Crippen molar-refractivity contribution in [2.24, 2.45) is 0 Å². The summed E-state index contributed by atoms with van der Waals surface area (Å²) in [6.07, 6.45) is 5.22. The van der Waals surface area contributed by atoms with Crippen molar-refractivity contribution in [1.29, 1.82) is 0 Å². The molecule has 0 aromatic heterocycles. The molecule has 1 aliphatic rings. The zero-order valence-electron chi connectivity index (χ0n) is 11.0. The Hall–Kier alpha value is -1.42. The Morgan fingerprint density at radius 3 is 2.74 bits per heavy atom. The van der Waals surface area contributed by atoms with Crippen LogP contribution in [0.4, 0.5) is 4.39 Å². The molecule has 2 rings (SSSR count). The largest absolute Gasteiger partial charge is 0.480 e. The van der Waals surface area contributed by atoms with E-state index < -0.39 is 5.97 Å². The average molecular weight is 265 g/mol. The molecule has 1 aromatic rings. The van der Waals surface area contributed by atoms with Crippen molar-refractivity contribution in [3.63, 3.8) is 0 Å². The van der Waals surface area contributed by atoms with Crippen LogP contribution >= 0.6 is 0 Å². The fraction of sp³-hybridized carbons (Fsp3) is 0.533. The molecule has 0 heterocycles. The number of aliphatic carboxylic acids is 1. The van der Waals surface area contributed by atoms with Crippen LogP contribution in [0, 0.1) is 5.82 Å². The van der Waals surface area contributed by atoms with E-state index in [1.807, 2.05) is 11.0 Å². The van der Waals surface area contributed by atoms with Crippen LogP contribution in [0.1, 0.15) is 31.2 Å². The van der Waals surface area contributed by atoms with Crippen LogP contribution < -0.4 is 0 Å². The first kappa shape index (κ1) is 14.0. The Morgan fingerprint density at radius 1 is 1.37 bits per heavy atom. The summed E-state index contributed by atoms with van der Waals surface area (Å²) in [5.74, 6) is -1.02. The molecular formula is C15H20FNO2. The van der Waals surface area contributed by atoms with E-state index in [-0.39, 0.29) is 12.4 Å². The van der Waals surface area contributed by atoms with Gasteiger partial charge in [0.25, 0.3) is 0 Å². The van der Waals surface area contributed by atoms with E-state index in [1.54, 1.807) is 6.07 Å². The minimum atomic E-state index is -0.786. The van der Waals surface area contributed by atoms with Gasteiger partial charge in [-0.1, -0.05) is 25.0 Å². The van der Waals surface area contributed by atoms with Crippen LogP contribution in [0.5, 0.6) is 0 Å². The number of carboxylic acid groups (broad SMARTS) is 1. The highest BCUT2D eigenvalue weighted by Gasteiger charge is 2.23. The van der Waals surface area contributed by atoms with Gasteiger partial charge in [-0.15, -0.1) is 0 Å². The number of halogens is 1. The Bertz CT molecular complexity index is 430. The Morgan fingerprint density at radius 2 is 2.11 bits per heavy atom. The zero-order valence-corrected chi connectivity index (χ0v) is 11.0. The van der Waals surface area contributed by atoms with Crippen LogP contribution in [-0.4, -0.2) is 35.1 Å². The minimum absolute atomic E-state index is 0.0833. The van der Waals surface area contributed by atoms with Crippen LogP contribution in [-0.2, 0) is 11.2 Å². The molecule has 3 nitrogen and oxygen atoms in total. The molecule has 0 unspecified atom stereocenters. The molecule has 1 aromatic carbocycles. The highest BCUT2D eigenvalue weighted by molar-refractivity contribution is 5.69. The van der Waals surface area contributed by atoms with Crippen molar-refractivity contribution in [2.45, 2.75) is 38.1 Å². The summed E-state index contributed by atoms with van der Waals surface area (Å²) in [5.41, 5.74) is 0.924. The second kappa shape index (κ2) is 6.66. The highest BCUT2D eigenvalue weighted by atomic mass is 19.1. The Labute approximate surface area is 113 Å². The standard InChI is InChI=1S/C15H20FNO2/c16-13-5-3-4-12(10-13)8-9-17(11-15(18)19)14-6-1-2-7-14/h3-5,10,14H,1-2,6-9,11H2,(H,18,19). The third-order valence-electron chi connectivity index (χ3n) is 3.76. The van der Waals surface area contributed by atoms with Gasteiger partial charge in [-0.25, -0.2) is 4.39 Å². The summed E-state index contributed by atoms with van der Waals surface area (Å²) in [6.45, 7) is 0.764. The maximum Gasteiger partial charge on any atom is 0.317 e. The van der Waals surface area contributed by atoms with Crippen molar-refractivity contribution >= 4 is 5.97 Å². The molecule has 1 saturated carbocycles. The van der Waals surface area contributed by atoms with Gasteiger partial charge in [0.05, 0.1) is 6.54 Å². The molecule has 1 N–H and O–H groups in total. The van der Waals surface area contributed by atoms with Crippen molar-refractivity contribution < 1.29 is 14.3 Å². The van der Waals surface area contributed by atoms with Crippen LogP contribution in [0.2, 0.25) is 0 Å². The van der Waals surface area contributed by atoms with Crippen LogP contribution in [0.3, 0.4) is 0 Å². The summed E-state index contributed by atoms with van der Waals surface area (Å²) >= 11 is 0. The second-order valence-electron chi connectivity index (χ2n) is 5.18. The van der Waals surface area contributed by atoms with E-state index in [0.717, 1.165) is 18.4 Å². The monoisotopic (exact) mass is 265 g/mol. The topological polar surface area (TPSA) is 40.5 Å². The van der Waals surface area contributed by atoms with Gasteiger partial charge in [-0.3, -0.25) is 9.69 Å². The molecule has 0 amide bonds. The molecule has 0 radical (unpaired) electrons. The average Bonchev–Trinajstić information content (AvgIpc) is 2.88. The number of nitrogens with zero attached hydrogens (tertiary/aromatic N) is 1. The van der Waals surface area contributed by atoms with Crippen molar-refractivity contribution in [3.8, 4) is 0 Å². The summed E-state index contributed by atoms with van der Waals surface area (Å²) in [5, 5.41) is 8.98. The lowest BCUT2D eigenvalue weighted by Crippen LogP contribution is -2.38. The molecule has 0 aliphatic heterocycles. The molecule has 0 atom stereocenters. The van der Waals surface area contributed by atoms with E-state index in [1.165, 1.54) is 25.0 Å². The lowest BCUT2D eigenvalue weighted by Gasteiger charge is -2.27. The van der Waals surface area contributed by atoms with Gasteiger partial charge in [0.15, 0.2) is 0 Å².